The topological polar surface area (TPSA) is 42.0 Å². The van der Waals surface area contributed by atoms with Gasteiger partial charge in [0.2, 0.25) is 5.95 Å². The summed E-state index contributed by atoms with van der Waals surface area (Å²) in [5.41, 5.74) is 0.410. The molecule has 0 atom stereocenters. The molecule has 1 aromatic heterocycles. The van der Waals surface area contributed by atoms with Gasteiger partial charge in [-0.05, 0) is 30.2 Å². The summed E-state index contributed by atoms with van der Waals surface area (Å²) in [5, 5.41) is 3.49. The van der Waals surface area contributed by atoms with Crippen molar-refractivity contribution in [3.05, 3.63) is 63.4 Å². The maximum absolute atomic E-state index is 13.4. The summed E-state index contributed by atoms with van der Waals surface area (Å²) in [6, 6.07) is 6.13. The summed E-state index contributed by atoms with van der Waals surface area (Å²) in [6.45, 7) is 0.226. The predicted molar refractivity (Wildman–Crippen MR) is 76.7 cm³/mol. The molecule has 0 aliphatic carbocycles. The van der Waals surface area contributed by atoms with Crippen LogP contribution in [0, 0.1) is 11.8 Å². The van der Waals surface area contributed by atoms with E-state index in [1.165, 1.54) is 0 Å². The van der Waals surface area contributed by atoms with Gasteiger partial charge in [0.25, 0.3) is 5.91 Å². The molecule has 0 unspecified atom stereocenters. The van der Waals surface area contributed by atoms with Crippen LogP contribution in [0.25, 0.3) is 0 Å². The van der Waals surface area contributed by atoms with Crippen LogP contribution >= 0.6 is 23.2 Å². The van der Waals surface area contributed by atoms with Crippen molar-refractivity contribution in [2.24, 2.45) is 0 Å². The molecule has 1 heterocycles. The number of benzene rings is 1. The van der Waals surface area contributed by atoms with Crippen LogP contribution < -0.4 is 5.32 Å². The van der Waals surface area contributed by atoms with Crippen LogP contribution in [0.3, 0.4) is 0 Å². The highest BCUT2D eigenvalue weighted by Crippen LogP contribution is 2.21. The number of carbonyl (C=O) groups excluding carboxylic acids is 1. The minimum Gasteiger partial charge on any atom is -0.352 e. The first kappa shape index (κ1) is 15.7. The molecule has 0 aliphatic rings. The highest BCUT2D eigenvalue weighted by atomic mass is 35.5. The quantitative estimate of drug-likeness (QED) is 0.869. The molecule has 0 radical (unpaired) electrons. The van der Waals surface area contributed by atoms with E-state index in [1.54, 1.807) is 18.2 Å². The van der Waals surface area contributed by atoms with Gasteiger partial charge in [-0.1, -0.05) is 29.3 Å². The molecule has 21 heavy (non-hydrogen) atoms. The van der Waals surface area contributed by atoms with Crippen LogP contribution in [0.4, 0.5) is 8.78 Å². The second-order valence-electron chi connectivity index (χ2n) is 4.20. The summed E-state index contributed by atoms with van der Waals surface area (Å²) >= 11 is 11.8. The number of hydrogen-bond donors (Lipinski definition) is 1. The maximum atomic E-state index is 13.4. The van der Waals surface area contributed by atoms with Crippen LogP contribution in [0.5, 0.6) is 0 Å². The average Bonchev–Trinajstić information content (AvgIpc) is 2.44. The number of rotatable bonds is 4. The van der Waals surface area contributed by atoms with Gasteiger partial charge in [-0.15, -0.1) is 0 Å². The van der Waals surface area contributed by atoms with Crippen molar-refractivity contribution >= 4 is 29.1 Å². The Balaban J connectivity index is 1.97. The summed E-state index contributed by atoms with van der Waals surface area (Å²) in [7, 11) is 0. The third-order valence-corrected chi connectivity index (χ3v) is 3.37. The van der Waals surface area contributed by atoms with Gasteiger partial charge in [-0.2, -0.15) is 4.39 Å². The van der Waals surface area contributed by atoms with Gasteiger partial charge in [0.15, 0.2) is 5.82 Å². The van der Waals surface area contributed by atoms with Crippen molar-refractivity contribution in [2.45, 2.75) is 6.42 Å². The van der Waals surface area contributed by atoms with Gasteiger partial charge in [-0.25, -0.2) is 9.37 Å². The minimum atomic E-state index is -1.30. The van der Waals surface area contributed by atoms with Crippen molar-refractivity contribution in [1.82, 2.24) is 10.3 Å². The molecule has 1 aromatic carbocycles. The average molecular weight is 331 g/mol. The smallest absolute Gasteiger partial charge is 0.254 e. The lowest BCUT2D eigenvalue weighted by atomic mass is 10.1. The predicted octanol–water partition coefficient (Wildman–Crippen LogP) is 3.64. The molecular formula is C14H10Cl2F2N2O. The first-order valence-corrected chi connectivity index (χ1v) is 6.76. The zero-order chi connectivity index (χ0) is 15.4. The third-order valence-electron chi connectivity index (χ3n) is 2.79. The lowest BCUT2D eigenvalue weighted by Crippen LogP contribution is -2.27. The standard InChI is InChI=1S/C14H10Cl2F2N2O/c15-9-2-1-8(11(16)7-9)3-5-20-14(21)10-4-6-19-13(18)12(10)17/h1-2,4,6-7H,3,5H2,(H,20,21). The van der Waals surface area contributed by atoms with E-state index in [0.717, 1.165) is 17.8 Å². The largest absolute Gasteiger partial charge is 0.352 e. The minimum absolute atomic E-state index is 0.226. The second-order valence-corrected chi connectivity index (χ2v) is 5.05. The maximum Gasteiger partial charge on any atom is 0.254 e. The zero-order valence-corrected chi connectivity index (χ0v) is 12.2. The number of carbonyl (C=O) groups is 1. The van der Waals surface area contributed by atoms with Crippen molar-refractivity contribution in [2.75, 3.05) is 6.54 Å². The van der Waals surface area contributed by atoms with Crippen LogP contribution in [0.1, 0.15) is 15.9 Å². The van der Waals surface area contributed by atoms with E-state index < -0.39 is 17.7 Å². The number of amides is 1. The molecule has 0 saturated carbocycles. The Morgan fingerprint density at radius 3 is 2.71 bits per heavy atom. The van der Waals surface area contributed by atoms with Crippen molar-refractivity contribution in [1.29, 1.82) is 0 Å². The van der Waals surface area contributed by atoms with Crippen LogP contribution in [0.15, 0.2) is 30.5 Å². The van der Waals surface area contributed by atoms with Gasteiger partial charge in [0, 0.05) is 22.8 Å². The molecule has 1 N–H and O–H groups in total. The van der Waals surface area contributed by atoms with Crippen LogP contribution in [0.2, 0.25) is 10.0 Å². The fourth-order valence-electron chi connectivity index (χ4n) is 1.72. The first-order chi connectivity index (χ1) is 9.99. The summed E-state index contributed by atoms with van der Waals surface area (Å²) in [4.78, 5) is 14.9. The van der Waals surface area contributed by atoms with E-state index in [9.17, 15) is 13.6 Å². The van der Waals surface area contributed by atoms with Gasteiger partial charge in [-0.3, -0.25) is 4.79 Å². The number of aromatic nitrogens is 1. The Morgan fingerprint density at radius 1 is 1.24 bits per heavy atom. The highest BCUT2D eigenvalue weighted by molar-refractivity contribution is 6.35. The van der Waals surface area contributed by atoms with Gasteiger partial charge in [0.1, 0.15) is 0 Å². The van der Waals surface area contributed by atoms with Crippen LogP contribution in [-0.2, 0) is 6.42 Å². The van der Waals surface area contributed by atoms with Crippen molar-refractivity contribution in [3.63, 3.8) is 0 Å². The molecule has 2 aromatic rings. The fraction of sp³-hybridized carbons (Fsp3) is 0.143. The second kappa shape index (κ2) is 6.83. The lowest BCUT2D eigenvalue weighted by molar-refractivity contribution is 0.0948. The number of nitrogens with one attached hydrogen (secondary N) is 1. The molecule has 0 aliphatic heterocycles. The van der Waals surface area contributed by atoms with Gasteiger partial charge >= 0.3 is 0 Å². The normalized spacial score (nSPS) is 10.5. The molecule has 2 rings (SSSR count). The van der Waals surface area contributed by atoms with E-state index >= 15 is 0 Å². The van der Waals surface area contributed by atoms with Crippen molar-refractivity contribution < 1.29 is 13.6 Å². The third kappa shape index (κ3) is 3.89. The summed E-state index contributed by atoms with van der Waals surface area (Å²) in [5.74, 6) is -3.28. The van der Waals surface area contributed by atoms with E-state index in [1.807, 2.05) is 0 Å². The number of nitrogens with zero attached hydrogens (tertiary/aromatic N) is 1. The number of halogens is 4. The Hall–Kier alpha value is -1.72. The fourth-order valence-corrected chi connectivity index (χ4v) is 2.23. The van der Waals surface area contributed by atoms with Gasteiger partial charge < -0.3 is 5.32 Å². The first-order valence-electron chi connectivity index (χ1n) is 6.01. The zero-order valence-electron chi connectivity index (χ0n) is 10.7. The Kier molecular flexibility index (Phi) is 5.09. The molecule has 0 bridgehead atoms. The Labute approximate surface area is 129 Å². The molecule has 7 heteroatoms. The Morgan fingerprint density at radius 2 is 2.00 bits per heavy atom. The molecule has 1 amide bonds. The monoisotopic (exact) mass is 330 g/mol. The Bertz CT molecular complexity index is 680. The van der Waals surface area contributed by atoms with E-state index in [2.05, 4.69) is 10.3 Å². The molecule has 0 saturated heterocycles. The molecule has 3 nitrogen and oxygen atoms in total. The SMILES string of the molecule is O=C(NCCc1ccc(Cl)cc1Cl)c1ccnc(F)c1F. The molecular weight excluding hydrogens is 321 g/mol. The van der Waals surface area contributed by atoms with Gasteiger partial charge in [0.05, 0.1) is 5.56 Å². The summed E-state index contributed by atoms with van der Waals surface area (Å²) in [6.07, 6.45) is 1.47. The highest BCUT2D eigenvalue weighted by Gasteiger charge is 2.15. The number of hydrogen-bond acceptors (Lipinski definition) is 2. The van der Waals surface area contributed by atoms with E-state index in [4.69, 9.17) is 23.2 Å². The lowest BCUT2D eigenvalue weighted by Gasteiger charge is -2.07. The summed E-state index contributed by atoms with van der Waals surface area (Å²) < 4.78 is 26.3. The van der Waals surface area contributed by atoms with Crippen LogP contribution in [-0.4, -0.2) is 17.4 Å². The molecule has 110 valence electrons. The number of pyridine rings is 1. The van der Waals surface area contributed by atoms with E-state index in [0.29, 0.717) is 16.5 Å². The van der Waals surface area contributed by atoms with Crippen molar-refractivity contribution in [3.8, 4) is 0 Å². The molecule has 0 spiro atoms. The molecule has 0 fully saturated rings. The van der Waals surface area contributed by atoms with E-state index in [-0.39, 0.29) is 12.1 Å².